The van der Waals surface area contributed by atoms with Crippen LogP contribution in [-0.4, -0.2) is 45.6 Å². The Labute approximate surface area is 220 Å². The molecule has 0 aliphatic rings. The van der Waals surface area contributed by atoms with Crippen molar-refractivity contribution in [2.45, 2.75) is 26.4 Å². The summed E-state index contributed by atoms with van der Waals surface area (Å²) in [5.74, 6) is -0.376. The Bertz CT molecular complexity index is 585. The summed E-state index contributed by atoms with van der Waals surface area (Å²) in [6.07, 6.45) is 1.30. The third-order valence-corrected chi connectivity index (χ3v) is 5.56. The number of phosphoric acid groups is 2. The third-order valence-electron chi connectivity index (χ3n) is 1.66. The van der Waals surface area contributed by atoms with Crippen molar-refractivity contribution in [3.63, 3.8) is 0 Å². The van der Waals surface area contributed by atoms with Gasteiger partial charge in [-0.3, -0.25) is 18.5 Å². The molecule has 0 rings (SSSR count). The van der Waals surface area contributed by atoms with E-state index in [-0.39, 0.29) is 25.1 Å². The van der Waals surface area contributed by atoms with Gasteiger partial charge in [0, 0.05) is 10.1 Å². The molecule has 0 bridgehead atoms. The van der Waals surface area contributed by atoms with Crippen LogP contribution in [0.1, 0.15) is 20.8 Å². The second-order valence-electron chi connectivity index (χ2n) is 5.09. The highest BCUT2D eigenvalue weighted by Crippen LogP contribution is 2.47. The van der Waals surface area contributed by atoms with Gasteiger partial charge in [0.2, 0.25) is 0 Å². The van der Waals surface area contributed by atoms with Gasteiger partial charge in [0.1, 0.15) is 18.8 Å². The summed E-state index contributed by atoms with van der Waals surface area (Å²) in [4.78, 5) is 27.1. The topological polar surface area (TPSA) is 178 Å². The normalized spacial score (nSPS) is 13.4. The molecule has 0 radical (unpaired) electrons. The van der Waals surface area contributed by atoms with Crippen molar-refractivity contribution in [1.29, 1.82) is 0 Å². The van der Waals surface area contributed by atoms with Crippen molar-refractivity contribution in [1.82, 2.24) is 0 Å². The maximum Gasteiger partial charge on any atom is 0.527 e. The van der Waals surface area contributed by atoms with Crippen LogP contribution < -0.4 is 0 Å². The number of phosphoric ester groups is 2. The second kappa shape index (κ2) is 32.1. The molecule has 216 valence electrons. The van der Waals surface area contributed by atoms with Gasteiger partial charge in [0.15, 0.2) is 6.26 Å². The maximum atomic E-state index is 11.5. The SMILES string of the molecule is C=C.C=C.C=C.C=C.CC(C)(C)OP(=O)(O)OCCOOOOO/C=C/OP(=O)(O)OCSSCO. The first-order chi connectivity index (χ1) is 17.0. The number of rotatable bonds is 17. The zero-order valence-corrected chi connectivity index (χ0v) is 24.1. The second-order valence-corrected chi connectivity index (χ2v) is 10.2. The molecule has 0 saturated carbocycles. The Kier molecular flexibility index (Phi) is 40.1. The zero-order chi connectivity index (χ0) is 29.5. The summed E-state index contributed by atoms with van der Waals surface area (Å²) in [6.45, 7) is 28.1. The van der Waals surface area contributed by atoms with Crippen molar-refractivity contribution in [3.8, 4) is 0 Å². The number of hydrogen-bond acceptors (Lipinski definition) is 14. The number of aliphatic hydroxyl groups is 1. The van der Waals surface area contributed by atoms with E-state index in [0.717, 1.165) is 21.6 Å². The van der Waals surface area contributed by atoms with Gasteiger partial charge in [-0.2, -0.15) is 0 Å². The molecule has 36 heavy (non-hydrogen) atoms. The van der Waals surface area contributed by atoms with Crippen LogP contribution in [0.4, 0.5) is 0 Å². The highest BCUT2D eigenvalue weighted by atomic mass is 33.1. The molecule has 0 fully saturated rings. The van der Waals surface area contributed by atoms with Gasteiger partial charge in [-0.1, -0.05) is 21.6 Å². The van der Waals surface area contributed by atoms with Crippen molar-refractivity contribution >= 4 is 37.2 Å². The quantitative estimate of drug-likeness (QED) is 0.0266. The van der Waals surface area contributed by atoms with E-state index < -0.39 is 21.2 Å². The summed E-state index contributed by atoms with van der Waals surface area (Å²) >= 11 is 0. The van der Waals surface area contributed by atoms with Gasteiger partial charge in [-0.15, -0.1) is 52.6 Å². The average Bonchev–Trinajstić information content (AvgIpc) is 2.84. The summed E-state index contributed by atoms with van der Waals surface area (Å²) in [5, 5.41) is 20.3. The fraction of sp³-hybridized carbons (Fsp3) is 0.444. The van der Waals surface area contributed by atoms with Crippen molar-refractivity contribution in [3.05, 3.63) is 65.2 Å². The van der Waals surface area contributed by atoms with Gasteiger partial charge in [-0.05, 0) is 25.8 Å². The molecule has 0 aromatic rings. The number of hydrogen-bond donors (Lipinski definition) is 3. The molecule has 18 heteroatoms. The first-order valence-corrected chi connectivity index (χ1v) is 14.6. The highest BCUT2D eigenvalue weighted by Gasteiger charge is 2.28. The van der Waals surface area contributed by atoms with Crippen LogP contribution in [0.3, 0.4) is 0 Å². The standard InChI is InChI=1S/C10H22O14P2S2.4C2H4/c1-10(2,3)21-26(14,15)19-7-5-17-23-24-22-16-4-6-18-25(12,13)20-9-28-27-8-11;4*1-2/h4,6,11H,5,7-9H2,1-3H3,(H,12,13)(H,14,15);4*1-2H2/b6-4+;;;;. The van der Waals surface area contributed by atoms with Crippen LogP contribution in [-0.2, 0) is 52.1 Å². The van der Waals surface area contributed by atoms with E-state index in [9.17, 15) is 18.9 Å². The van der Waals surface area contributed by atoms with Crippen LogP contribution in [0.2, 0.25) is 0 Å². The van der Waals surface area contributed by atoms with Crippen molar-refractivity contribution in [2.75, 3.05) is 25.1 Å². The minimum absolute atomic E-state index is 0.178. The third kappa shape index (κ3) is 43.2. The summed E-state index contributed by atoms with van der Waals surface area (Å²) in [7, 11) is -6.56. The number of aliphatic hydroxyl groups excluding tert-OH is 1. The fourth-order valence-electron chi connectivity index (χ4n) is 0.977. The van der Waals surface area contributed by atoms with Crippen molar-refractivity contribution in [2.24, 2.45) is 0 Å². The molecule has 0 heterocycles. The van der Waals surface area contributed by atoms with Crippen LogP contribution in [0.15, 0.2) is 65.2 Å². The molecule has 14 nitrogen and oxygen atoms in total. The minimum Gasteiger partial charge on any atom is -0.409 e. The fourth-order valence-corrected chi connectivity index (χ4v) is 3.95. The van der Waals surface area contributed by atoms with Crippen LogP contribution >= 0.6 is 37.2 Å². The molecule has 0 aliphatic carbocycles. The first kappa shape index (κ1) is 45.0. The predicted octanol–water partition coefficient (Wildman–Crippen LogP) is 5.76. The molecule has 0 spiro atoms. The van der Waals surface area contributed by atoms with Gasteiger partial charge in [0.05, 0.1) is 18.1 Å². The maximum absolute atomic E-state index is 11.5. The molecule has 0 aliphatic heterocycles. The van der Waals surface area contributed by atoms with Gasteiger partial charge in [-0.25, -0.2) is 14.0 Å². The zero-order valence-electron chi connectivity index (χ0n) is 20.7. The van der Waals surface area contributed by atoms with Crippen LogP contribution in [0.5, 0.6) is 0 Å². The monoisotopic (exact) mass is 604 g/mol. The van der Waals surface area contributed by atoms with E-state index in [1.807, 2.05) is 0 Å². The van der Waals surface area contributed by atoms with Gasteiger partial charge < -0.3 is 19.4 Å². The van der Waals surface area contributed by atoms with E-state index in [4.69, 9.17) is 9.63 Å². The molecular weight excluding hydrogens is 566 g/mol. The van der Waals surface area contributed by atoms with E-state index in [0.29, 0.717) is 12.5 Å². The van der Waals surface area contributed by atoms with Crippen molar-refractivity contribution < 1.29 is 67.0 Å². The molecule has 2 atom stereocenters. The molecule has 3 N–H and O–H groups in total. The lowest BCUT2D eigenvalue weighted by molar-refractivity contribution is -0.700. The molecule has 2 unspecified atom stereocenters. The Morgan fingerprint density at radius 1 is 0.778 bits per heavy atom. The Morgan fingerprint density at radius 3 is 1.83 bits per heavy atom. The van der Waals surface area contributed by atoms with E-state index in [1.54, 1.807) is 20.8 Å². The smallest absolute Gasteiger partial charge is 0.409 e. The van der Waals surface area contributed by atoms with Crippen LogP contribution in [0.25, 0.3) is 0 Å². The predicted molar refractivity (Wildman–Crippen MR) is 140 cm³/mol. The largest absolute Gasteiger partial charge is 0.527 e. The van der Waals surface area contributed by atoms with E-state index in [1.165, 1.54) is 0 Å². The van der Waals surface area contributed by atoms with Gasteiger partial charge >= 0.3 is 15.6 Å². The molecule has 0 saturated heterocycles. The molecule has 0 aromatic carbocycles. The Morgan fingerprint density at radius 2 is 1.33 bits per heavy atom. The minimum atomic E-state index is -4.34. The van der Waals surface area contributed by atoms with E-state index in [2.05, 4.69) is 91.1 Å². The molecule has 0 amide bonds. The Balaban J connectivity index is -0.000000361. The summed E-state index contributed by atoms with van der Waals surface area (Å²) < 4.78 is 41.0. The lowest BCUT2D eigenvalue weighted by atomic mass is 10.2. The lowest BCUT2D eigenvalue weighted by Crippen LogP contribution is -2.18. The van der Waals surface area contributed by atoms with Gasteiger partial charge in [0.25, 0.3) is 0 Å². The van der Waals surface area contributed by atoms with Crippen LogP contribution in [0, 0.1) is 0 Å². The lowest BCUT2D eigenvalue weighted by Gasteiger charge is -2.22. The summed E-state index contributed by atoms with van der Waals surface area (Å²) in [5.41, 5.74) is -0.874. The Hall–Kier alpha value is -0.940. The molecule has 0 aromatic heterocycles. The first-order valence-electron chi connectivity index (χ1n) is 9.10. The average molecular weight is 605 g/mol. The molecular formula is C18H38O14P2S2. The van der Waals surface area contributed by atoms with E-state index >= 15 is 0 Å². The highest BCUT2D eigenvalue weighted by molar-refractivity contribution is 8.76. The summed E-state index contributed by atoms with van der Waals surface area (Å²) in [6, 6.07) is 0.